The number of anilines is 1. The second-order valence-electron chi connectivity index (χ2n) is 3.02. The fourth-order valence-corrected chi connectivity index (χ4v) is 1.69. The highest BCUT2D eigenvalue weighted by atomic mass is 32.2. The number of sulfone groups is 1. The molecule has 0 unspecified atom stereocenters. The summed E-state index contributed by atoms with van der Waals surface area (Å²) in [6, 6.07) is 2.35. The van der Waals surface area contributed by atoms with Crippen molar-refractivity contribution in [2.45, 2.75) is 11.1 Å². The Morgan fingerprint density at radius 2 is 1.80 bits per heavy atom. The van der Waals surface area contributed by atoms with Crippen molar-refractivity contribution in [3.05, 3.63) is 23.8 Å². The van der Waals surface area contributed by atoms with Crippen molar-refractivity contribution in [3.63, 3.8) is 0 Å². The van der Waals surface area contributed by atoms with Gasteiger partial charge in [0.2, 0.25) is 0 Å². The molecule has 0 aliphatic rings. The highest BCUT2D eigenvalue weighted by Gasteiger charge is 2.33. The van der Waals surface area contributed by atoms with Crippen LogP contribution < -0.4 is 5.73 Å². The van der Waals surface area contributed by atoms with Crippen molar-refractivity contribution in [2.24, 2.45) is 0 Å². The van der Waals surface area contributed by atoms with Gasteiger partial charge in [-0.15, -0.1) is 0 Å². The zero-order valence-electron chi connectivity index (χ0n) is 7.67. The number of nitrogens with two attached hydrogens (primary N) is 1. The summed E-state index contributed by atoms with van der Waals surface area (Å²) < 4.78 is 58.8. The summed E-state index contributed by atoms with van der Waals surface area (Å²) in [4.78, 5) is -0.229. The topological polar surface area (TPSA) is 60.2 Å². The minimum Gasteiger partial charge on any atom is -0.398 e. The number of hydrogen-bond donors (Lipinski definition) is 1. The van der Waals surface area contributed by atoms with E-state index < -0.39 is 27.3 Å². The summed E-state index contributed by atoms with van der Waals surface area (Å²) in [5, 5.41) is 0. The zero-order chi connectivity index (χ0) is 11.9. The molecule has 0 saturated heterocycles. The molecule has 84 valence electrons. The van der Waals surface area contributed by atoms with Crippen LogP contribution in [0, 0.1) is 0 Å². The van der Waals surface area contributed by atoms with Crippen molar-refractivity contribution in [3.8, 4) is 0 Å². The molecular weight excluding hydrogens is 231 g/mol. The quantitative estimate of drug-likeness (QED) is 0.758. The van der Waals surface area contributed by atoms with Crippen LogP contribution in [0.15, 0.2) is 23.1 Å². The van der Waals surface area contributed by atoms with Crippen LogP contribution >= 0.6 is 0 Å². The summed E-state index contributed by atoms with van der Waals surface area (Å²) in [7, 11) is -3.53. The van der Waals surface area contributed by atoms with E-state index in [2.05, 4.69) is 0 Å². The van der Waals surface area contributed by atoms with Gasteiger partial charge in [-0.1, -0.05) is 0 Å². The van der Waals surface area contributed by atoms with Gasteiger partial charge in [-0.05, 0) is 18.2 Å². The smallest absolute Gasteiger partial charge is 0.398 e. The van der Waals surface area contributed by atoms with E-state index in [-0.39, 0.29) is 4.90 Å². The SMILES string of the molecule is CS(=O)(=O)c1ccc(C(F)(F)F)c(N)c1. The first-order chi connectivity index (χ1) is 6.62. The molecule has 1 rings (SSSR count). The van der Waals surface area contributed by atoms with Crippen LogP contribution in [-0.4, -0.2) is 14.7 Å². The summed E-state index contributed by atoms with van der Waals surface area (Å²) >= 11 is 0. The van der Waals surface area contributed by atoms with Crippen molar-refractivity contribution in [1.82, 2.24) is 0 Å². The van der Waals surface area contributed by atoms with Crippen molar-refractivity contribution in [2.75, 3.05) is 12.0 Å². The lowest BCUT2D eigenvalue weighted by molar-refractivity contribution is -0.136. The Bertz CT molecular complexity index is 479. The van der Waals surface area contributed by atoms with Gasteiger partial charge in [-0.2, -0.15) is 13.2 Å². The van der Waals surface area contributed by atoms with Gasteiger partial charge in [0, 0.05) is 11.9 Å². The standard InChI is InChI=1S/C8H8F3NO2S/c1-15(13,14)5-2-3-6(7(12)4-5)8(9,10)11/h2-4H,12H2,1H3. The number of nitrogen functional groups attached to an aromatic ring is 1. The molecule has 0 aliphatic carbocycles. The van der Waals surface area contributed by atoms with Crippen LogP contribution in [0.4, 0.5) is 18.9 Å². The maximum atomic E-state index is 12.2. The number of halogens is 3. The van der Waals surface area contributed by atoms with E-state index in [4.69, 9.17) is 5.73 Å². The van der Waals surface area contributed by atoms with Crippen LogP contribution in [0.1, 0.15) is 5.56 Å². The predicted molar refractivity (Wildman–Crippen MR) is 49.0 cm³/mol. The van der Waals surface area contributed by atoms with Gasteiger partial charge in [0.05, 0.1) is 10.5 Å². The van der Waals surface area contributed by atoms with Gasteiger partial charge < -0.3 is 5.73 Å². The molecule has 0 radical (unpaired) electrons. The average molecular weight is 239 g/mol. The Morgan fingerprint density at radius 1 is 1.27 bits per heavy atom. The van der Waals surface area contributed by atoms with E-state index in [1.165, 1.54) is 0 Å². The van der Waals surface area contributed by atoms with E-state index in [1.54, 1.807) is 0 Å². The van der Waals surface area contributed by atoms with Crippen LogP contribution in [0.5, 0.6) is 0 Å². The third kappa shape index (κ3) is 2.62. The Kier molecular flexibility index (Phi) is 2.69. The predicted octanol–water partition coefficient (Wildman–Crippen LogP) is 1.69. The van der Waals surface area contributed by atoms with E-state index >= 15 is 0 Å². The van der Waals surface area contributed by atoms with Crippen molar-refractivity contribution >= 4 is 15.5 Å². The van der Waals surface area contributed by atoms with Crippen molar-refractivity contribution in [1.29, 1.82) is 0 Å². The third-order valence-corrected chi connectivity index (χ3v) is 2.87. The number of hydrogen-bond acceptors (Lipinski definition) is 3. The molecule has 0 heterocycles. The van der Waals surface area contributed by atoms with Gasteiger partial charge in [0.1, 0.15) is 0 Å². The molecule has 1 aromatic carbocycles. The lowest BCUT2D eigenvalue weighted by atomic mass is 10.2. The maximum Gasteiger partial charge on any atom is 0.418 e. The van der Waals surface area contributed by atoms with Crippen LogP contribution in [-0.2, 0) is 16.0 Å². The molecule has 0 spiro atoms. The Balaban J connectivity index is 3.34. The highest BCUT2D eigenvalue weighted by Crippen LogP contribution is 2.34. The van der Waals surface area contributed by atoms with Crippen LogP contribution in [0.2, 0.25) is 0 Å². The van der Waals surface area contributed by atoms with Gasteiger partial charge >= 0.3 is 6.18 Å². The van der Waals surface area contributed by atoms with Crippen LogP contribution in [0.3, 0.4) is 0 Å². The maximum absolute atomic E-state index is 12.2. The first kappa shape index (κ1) is 11.8. The number of alkyl halides is 3. The van der Waals surface area contributed by atoms with Gasteiger partial charge in [0.15, 0.2) is 9.84 Å². The highest BCUT2D eigenvalue weighted by molar-refractivity contribution is 7.90. The van der Waals surface area contributed by atoms with E-state index in [9.17, 15) is 21.6 Å². The first-order valence-corrected chi connectivity index (χ1v) is 5.68. The number of benzene rings is 1. The molecule has 7 heteroatoms. The Labute approximate surface area is 84.6 Å². The largest absolute Gasteiger partial charge is 0.418 e. The second kappa shape index (κ2) is 3.41. The van der Waals surface area contributed by atoms with E-state index in [0.29, 0.717) is 6.07 Å². The van der Waals surface area contributed by atoms with Gasteiger partial charge in [-0.3, -0.25) is 0 Å². The molecule has 0 amide bonds. The summed E-state index contributed by atoms with van der Waals surface area (Å²) in [5.41, 5.74) is 3.50. The minimum absolute atomic E-state index is 0.229. The monoisotopic (exact) mass is 239 g/mol. The second-order valence-corrected chi connectivity index (χ2v) is 5.03. The molecule has 0 aromatic heterocycles. The fourth-order valence-electron chi connectivity index (χ4n) is 1.03. The average Bonchev–Trinajstić information content (AvgIpc) is 1.99. The van der Waals surface area contributed by atoms with Crippen LogP contribution in [0.25, 0.3) is 0 Å². The molecule has 2 N–H and O–H groups in total. The first-order valence-electron chi connectivity index (χ1n) is 3.79. The Hall–Kier alpha value is -1.24. The van der Waals surface area contributed by atoms with Gasteiger partial charge in [-0.25, -0.2) is 8.42 Å². The normalized spacial score (nSPS) is 12.8. The summed E-state index contributed by atoms with van der Waals surface area (Å²) in [5.74, 6) is 0. The lowest BCUT2D eigenvalue weighted by Gasteiger charge is -2.10. The molecule has 15 heavy (non-hydrogen) atoms. The molecule has 0 aliphatic heterocycles. The van der Waals surface area contributed by atoms with E-state index in [0.717, 1.165) is 18.4 Å². The minimum atomic E-state index is -4.57. The number of rotatable bonds is 1. The summed E-state index contributed by atoms with van der Waals surface area (Å²) in [6.45, 7) is 0. The molecule has 0 atom stereocenters. The van der Waals surface area contributed by atoms with Crippen molar-refractivity contribution < 1.29 is 21.6 Å². The molecule has 3 nitrogen and oxygen atoms in total. The summed E-state index contributed by atoms with van der Waals surface area (Å²) in [6.07, 6.45) is -3.67. The van der Waals surface area contributed by atoms with E-state index in [1.807, 2.05) is 0 Å². The molecule has 0 bridgehead atoms. The molecular formula is C8H8F3NO2S. The van der Waals surface area contributed by atoms with Gasteiger partial charge in [0.25, 0.3) is 0 Å². The molecule has 1 aromatic rings. The third-order valence-electron chi connectivity index (χ3n) is 1.76. The fraction of sp³-hybridized carbons (Fsp3) is 0.250. The zero-order valence-corrected chi connectivity index (χ0v) is 8.48. The lowest BCUT2D eigenvalue weighted by Crippen LogP contribution is -2.10. The molecule has 0 fully saturated rings. The molecule has 0 saturated carbocycles. The Morgan fingerprint density at radius 3 is 2.13 bits per heavy atom.